The third-order valence-electron chi connectivity index (χ3n) is 4.74. The summed E-state index contributed by atoms with van der Waals surface area (Å²) in [6.07, 6.45) is 1.29. The minimum atomic E-state index is -0.854. The highest BCUT2D eigenvalue weighted by molar-refractivity contribution is 8.01. The Morgan fingerprint density at radius 2 is 1.96 bits per heavy atom. The van der Waals surface area contributed by atoms with Crippen LogP contribution in [0, 0.1) is 12.8 Å². The lowest BCUT2D eigenvalue weighted by molar-refractivity contribution is -0.148. The molecule has 0 aliphatic carbocycles. The number of hydrogen-bond donors (Lipinski definition) is 2. The van der Waals surface area contributed by atoms with Gasteiger partial charge >= 0.3 is 5.97 Å². The zero-order chi connectivity index (χ0) is 19.3. The number of amides is 2. The molecule has 1 aliphatic rings. The van der Waals surface area contributed by atoms with Crippen LogP contribution in [0.3, 0.4) is 0 Å². The lowest BCUT2D eigenvalue weighted by Gasteiger charge is -2.38. The second-order valence-electron chi connectivity index (χ2n) is 6.73. The predicted molar refractivity (Wildman–Crippen MR) is 103 cm³/mol. The molecular weight excluding hydrogens is 352 g/mol. The van der Waals surface area contributed by atoms with Crippen LogP contribution in [0.15, 0.2) is 24.3 Å². The number of nitrogens with one attached hydrogen (secondary N) is 1. The van der Waals surface area contributed by atoms with Crippen molar-refractivity contribution in [2.45, 2.75) is 44.9 Å². The van der Waals surface area contributed by atoms with Crippen LogP contribution in [0.2, 0.25) is 0 Å². The van der Waals surface area contributed by atoms with Gasteiger partial charge in [-0.05, 0) is 45.7 Å². The molecule has 0 aromatic heterocycles. The number of aryl methyl sites for hydroxylation is 1. The summed E-state index contributed by atoms with van der Waals surface area (Å²) < 4.78 is 0. The zero-order valence-electron chi connectivity index (χ0n) is 15.4. The van der Waals surface area contributed by atoms with Gasteiger partial charge in [0.2, 0.25) is 11.8 Å². The largest absolute Gasteiger partial charge is 0.481 e. The standard InChI is InChI=1S/C19H26N2O4S/c1-12-6-8-15(9-7-12)20-17(22)11-26-14(3)18(23)21-10-4-5-16(13(21)2)19(24)25/h6-9,13-14,16H,4-5,10-11H2,1-3H3,(H,20,22)(H,24,25)/t13-,14?,16-/m0/s1. The number of hydrogen-bond acceptors (Lipinski definition) is 4. The van der Waals surface area contributed by atoms with E-state index >= 15 is 0 Å². The average Bonchev–Trinajstić information content (AvgIpc) is 2.61. The van der Waals surface area contributed by atoms with Crippen LogP contribution in [0.5, 0.6) is 0 Å². The number of piperidine rings is 1. The van der Waals surface area contributed by atoms with Gasteiger partial charge in [-0.15, -0.1) is 11.8 Å². The van der Waals surface area contributed by atoms with Crippen molar-refractivity contribution in [2.75, 3.05) is 17.6 Å². The first kappa shape index (κ1) is 20.3. The lowest BCUT2D eigenvalue weighted by Crippen LogP contribution is -2.51. The smallest absolute Gasteiger partial charge is 0.308 e. The Morgan fingerprint density at radius 3 is 2.58 bits per heavy atom. The Kier molecular flexibility index (Phi) is 7.08. The molecule has 1 heterocycles. The summed E-state index contributed by atoms with van der Waals surface area (Å²) in [5.41, 5.74) is 1.85. The van der Waals surface area contributed by atoms with Crippen molar-refractivity contribution in [2.24, 2.45) is 5.92 Å². The minimum Gasteiger partial charge on any atom is -0.481 e. The van der Waals surface area contributed by atoms with Crippen LogP contribution in [-0.4, -0.2) is 51.4 Å². The Balaban J connectivity index is 1.85. The number of benzene rings is 1. The molecule has 2 rings (SSSR count). The highest BCUT2D eigenvalue weighted by atomic mass is 32.2. The van der Waals surface area contributed by atoms with Gasteiger partial charge in [-0.1, -0.05) is 17.7 Å². The van der Waals surface area contributed by atoms with E-state index in [-0.39, 0.29) is 23.6 Å². The number of carbonyl (C=O) groups is 3. The number of carbonyl (C=O) groups excluding carboxylic acids is 2. The fourth-order valence-corrected chi connectivity index (χ4v) is 3.88. The quantitative estimate of drug-likeness (QED) is 0.795. The zero-order valence-corrected chi connectivity index (χ0v) is 16.2. The van der Waals surface area contributed by atoms with E-state index in [9.17, 15) is 19.5 Å². The molecule has 142 valence electrons. The molecule has 1 aromatic carbocycles. The molecule has 1 unspecified atom stereocenters. The van der Waals surface area contributed by atoms with E-state index < -0.39 is 17.1 Å². The van der Waals surface area contributed by atoms with Crippen LogP contribution in [0.25, 0.3) is 0 Å². The van der Waals surface area contributed by atoms with Crippen LogP contribution >= 0.6 is 11.8 Å². The van der Waals surface area contributed by atoms with Gasteiger partial charge in [-0.25, -0.2) is 0 Å². The Morgan fingerprint density at radius 1 is 1.31 bits per heavy atom. The summed E-state index contributed by atoms with van der Waals surface area (Å²) >= 11 is 1.27. The number of nitrogens with zero attached hydrogens (tertiary/aromatic N) is 1. The van der Waals surface area contributed by atoms with E-state index in [2.05, 4.69) is 5.32 Å². The van der Waals surface area contributed by atoms with E-state index in [1.54, 1.807) is 18.7 Å². The molecule has 2 N–H and O–H groups in total. The van der Waals surface area contributed by atoms with Crippen molar-refractivity contribution in [3.63, 3.8) is 0 Å². The summed E-state index contributed by atoms with van der Waals surface area (Å²) in [6.45, 7) is 6.11. The van der Waals surface area contributed by atoms with Gasteiger partial charge in [-0.2, -0.15) is 0 Å². The Labute approximate surface area is 158 Å². The monoisotopic (exact) mass is 378 g/mol. The number of carboxylic acids is 1. The fourth-order valence-electron chi connectivity index (χ4n) is 3.12. The molecule has 1 fully saturated rings. The third-order valence-corrected chi connectivity index (χ3v) is 5.87. The van der Waals surface area contributed by atoms with E-state index in [0.717, 1.165) is 11.3 Å². The maximum atomic E-state index is 12.7. The molecule has 2 amide bonds. The molecule has 0 saturated carbocycles. The first-order valence-electron chi connectivity index (χ1n) is 8.81. The molecule has 0 spiro atoms. The second kappa shape index (κ2) is 9.07. The summed E-state index contributed by atoms with van der Waals surface area (Å²) in [5.74, 6) is -1.46. The summed E-state index contributed by atoms with van der Waals surface area (Å²) in [7, 11) is 0. The topological polar surface area (TPSA) is 86.7 Å². The maximum absolute atomic E-state index is 12.7. The molecule has 0 radical (unpaired) electrons. The molecule has 6 nitrogen and oxygen atoms in total. The van der Waals surface area contributed by atoms with Gasteiger partial charge in [0.15, 0.2) is 0 Å². The molecular formula is C19H26N2O4S. The van der Waals surface area contributed by atoms with Crippen molar-refractivity contribution in [1.82, 2.24) is 4.90 Å². The fraction of sp³-hybridized carbons (Fsp3) is 0.526. The summed E-state index contributed by atoms with van der Waals surface area (Å²) in [6, 6.07) is 7.21. The number of rotatable bonds is 6. The van der Waals surface area contributed by atoms with Gasteiger partial charge in [-0.3, -0.25) is 14.4 Å². The van der Waals surface area contributed by atoms with Crippen LogP contribution in [0.1, 0.15) is 32.3 Å². The van der Waals surface area contributed by atoms with Gasteiger partial charge in [0.25, 0.3) is 0 Å². The Hall–Kier alpha value is -2.02. The highest BCUT2D eigenvalue weighted by Crippen LogP contribution is 2.26. The average molecular weight is 378 g/mol. The van der Waals surface area contributed by atoms with Crippen molar-refractivity contribution in [3.05, 3.63) is 29.8 Å². The van der Waals surface area contributed by atoms with Crippen molar-refractivity contribution in [3.8, 4) is 0 Å². The van der Waals surface area contributed by atoms with E-state index in [1.807, 2.05) is 31.2 Å². The van der Waals surface area contributed by atoms with E-state index in [4.69, 9.17) is 0 Å². The molecule has 0 bridgehead atoms. The first-order chi connectivity index (χ1) is 12.3. The number of likely N-dealkylation sites (tertiary alicyclic amines) is 1. The second-order valence-corrected chi connectivity index (χ2v) is 8.06. The molecule has 1 saturated heterocycles. The molecule has 3 atom stereocenters. The lowest BCUT2D eigenvalue weighted by atomic mass is 9.90. The number of aliphatic carboxylic acids is 1. The SMILES string of the molecule is Cc1ccc(NC(=O)CSC(C)C(=O)N2CCC[C@H](C(=O)O)[C@@H]2C)cc1. The van der Waals surface area contributed by atoms with Gasteiger partial charge in [0.05, 0.1) is 16.9 Å². The first-order valence-corrected chi connectivity index (χ1v) is 9.86. The normalized spacial score (nSPS) is 21.1. The number of anilines is 1. The number of thioether (sulfide) groups is 1. The van der Waals surface area contributed by atoms with Crippen molar-refractivity contribution >= 4 is 35.2 Å². The van der Waals surface area contributed by atoms with Gasteiger partial charge in [0, 0.05) is 18.3 Å². The molecule has 1 aliphatic heterocycles. The summed E-state index contributed by atoms with van der Waals surface area (Å²) in [5, 5.41) is 11.7. The van der Waals surface area contributed by atoms with Crippen molar-refractivity contribution < 1.29 is 19.5 Å². The van der Waals surface area contributed by atoms with Crippen LogP contribution in [-0.2, 0) is 14.4 Å². The van der Waals surface area contributed by atoms with E-state index in [1.165, 1.54) is 11.8 Å². The van der Waals surface area contributed by atoms with Gasteiger partial charge < -0.3 is 15.3 Å². The molecule has 7 heteroatoms. The highest BCUT2D eigenvalue weighted by Gasteiger charge is 2.36. The predicted octanol–water partition coefficient (Wildman–Crippen LogP) is 2.77. The molecule has 1 aromatic rings. The third kappa shape index (κ3) is 5.24. The number of carboxylic acid groups (broad SMARTS) is 1. The van der Waals surface area contributed by atoms with Crippen LogP contribution < -0.4 is 5.32 Å². The minimum absolute atomic E-state index is 0.100. The van der Waals surface area contributed by atoms with Gasteiger partial charge in [0.1, 0.15) is 0 Å². The molecule has 26 heavy (non-hydrogen) atoms. The van der Waals surface area contributed by atoms with E-state index in [0.29, 0.717) is 19.4 Å². The van der Waals surface area contributed by atoms with Crippen LogP contribution in [0.4, 0.5) is 5.69 Å². The maximum Gasteiger partial charge on any atom is 0.308 e. The Bertz CT molecular complexity index is 662. The van der Waals surface area contributed by atoms with Crippen molar-refractivity contribution in [1.29, 1.82) is 0 Å². The summed E-state index contributed by atoms with van der Waals surface area (Å²) in [4.78, 5) is 37.7.